The average molecular weight is 346 g/mol. The van der Waals surface area contributed by atoms with Crippen molar-refractivity contribution >= 4 is 18.1 Å². The van der Waals surface area contributed by atoms with Crippen molar-refractivity contribution in [1.29, 1.82) is 0 Å². The highest BCUT2D eigenvalue weighted by atomic mass is 35.5. The summed E-state index contributed by atoms with van der Waals surface area (Å²) >= 11 is 0. The molecule has 6 heteroatoms. The highest BCUT2D eigenvalue weighted by Gasteiger charge is 2.12. The Morgan fingerprint density at radius 1 is 1.08 bits per heavy atom. The molecule has 5 nitrogen and oxygen atoms in total. The fourth-order valence-corrected chi connectivity index (χ4v) is 2.19. The second-order valence-corrected chi connectivity index (χ2v) is 5.34. The van der Waals surface area contributed by atoms with Crippen molar-refractivity contribution < 1.29 is 9.26 Å². The predicted molar refractivity (Wildman–Crippen MR) is 95.5 cm³/mol. The molecule has 1 atom stereocenters. The van der Waals surface area contributed by atoms with Crippen molar-refractivity contribution in [2.75, 3.05) is 5.32 Å². The summed E-state index contributed by atoms with van der Waals surface area (Å²) in [6.07, 6.45) is 0. The van der Waals surface area contributed by atoms with E-state index in [4.69, 9.17) is 9.26 Å². The molecule has 0 bridgehead atoms. The van der Waals surface area contributed by atoms with Crippen LogP contribution >= 0.6 is 12.4 Å². The molecular formula is C18H20ClN3O2. The van der Waals surface area contributed by atoms with E-state index in [0.717, 1.165) is 17.0 Å². The molecule has 2 aromatic carbocycles. The van der Waals surface area contributed by atoms with Crippen molar-refractivity contribution in [3.63, 3.8) is 0 Å². The Morgan fingerprint density at radius 3 is 2.42 bits per heavy atom. The topological polar surface area (TPSA) is 60.2 Å². The zero-order chi connectivity index (χ0) is 16.1. The van der Waals surface area contributed by atoms with E-state index in [9.17, 15) is 0 Å². The first-order valence-corrected chi connectivity index (χ1v) is 7.54. The zero-order valence-electron chi connectivity index (χ0n) is 13.6. The lowest BCUT2D eigenvalue weighted by atomic mass is 10.2. The Morgan fingerprint density at radius 2 is 1.79 bits per heavy atom. The van der Waals surface area contributed by atoms with Crippen LogP contribution in [0.3, 0.4) is 0 Å². The van der Waals surface area contributed by atoms with Crippen LogP contribution < -0.4 is 10.1 Å². The SMILES string of the molecule is Cc1noc([C@H](C)Nc2ccc(OCc3ccccc3)cc2)n1.Cl. The standard InChI is InChI=1S/C18H19N3O2.ClH/c1-13(18-20-14(2)21-23-18)19-16-8-10-17(11-9-16)22-12-15-6-4-3-5-7-15;/h3-11,13,19H,12H2,1-2H3;1H/t13-;/m0./s1. The molecule has 1 aromatic heterocycles. The third-order valence-electron chi connectivity index (χ3n) is 3.40. The van der Waals surface area contributed by atoms with Gasteiger partial charge in [0.1, 0.15) is 18.4 Å². The summed E-state index contributed by atoms with van der Waals surface area (Å²) in [5, 5.41) is 7.12. The molecule has 1 heterocycles. The largest absolute Gasteiger partial charge is 0.489 e. The molecule has 0 fully saturated rings. The first-order chi connectivity index (χ1) is 11.2. The minimum absolute atomic E-state index is 0. The molecule has 0 saturated heterocycles. The van der Waals surface area contributed by atoms with E-state index in [1.165, 1.54) is 0 Å². The number of rotatable bonds is 6. The van der Waals surface area contributed by atoms with Crippen molar-refractivity contribution in [2.45, 2.75) is 26.5 Å². The third-order valence-corrected chi connectivity index (χ3v) is 3.40. The van der Waals surface area contributed by atoms with Gasteiger partial charge in [0, 0.05) is 5.69 Å². The van der Waals surface area contributed by atoms with Crippen LogP contribution in [0.5, 0.6) is 5.75 Å². The van der Waals surface area contributed by atoms with Gasteiger partial charge in [-0.15, -0.1) is 12.4 Å². The Kier molecular flexibility index (Phi) is 6.21. The summed E-state index contributed by atoms with van der Waals surface area (Å²) in [6, 6.07) is 17.9. The lowest BCUT2D eigenvalue weighted by Gasteiger charge is -2.12. The second kappa shape index (κ2) is 8.36. The second-order valence-electron chi connectivity index (χ2n) is 5.34. The van der Waals surface area contributed by atoms with Gasteiger partial charge >= 0.3 is 0 Å². The third kappa shape index (κ3) is 4.73. The first kappa shape index (κ1) is 17.8. The molecule has 0 aliphatic heterocycles. The summed E-state index contributed by atoms with van der Waals surface area (Å²) in [5.41, 5.74) is 2.12. The Bertz CT molecular complexity index is 744. The van der Waals surface area contributed by atoms with Gasteiger partial charge in [-0.3, -0.25) is 0 Å². The molecule has 0 unspecified atom stereocenters. The van der Waals surface area contributed by atoms with Gasteiger partial charge in [-0.05, 0) is 43.7 Å². The van der Waals surface area contributed by atoms with Crippen molar-refractivity contribution in [3.05, 3.63) is 71.9 Å². The molecule has 0 radical (unpaired) electrons. The molecular weight excluding hydrogens is 326 g/mol. The van der Waals surface area contributed by atoms with Gasteiger partial charge in [-0.25, -0.2) is 0 Å². The van der Waals surface area contributed by atoms with Crippen LogP contribution in [-0.4, -0.2) is 10.1 Å². The minimum atomic E-state index is -0.0488. The molecule has 0 aliphatic rings. The van der Waals surface area contributed by atoms with Crippen LogP contribution in [0, 0.1) is 6.92 Å². The van der Waals surface area contributed by atoms with Crippen LogP contribution in [0.4, 0.5) is 5.69 Å². The number of hydrogen-bond donors (Lipinski definition) is 1. The molecule has 24 heavy (non-hydrogen) atoms. The highest BCUT2D eigenvalue weighted by molar-refractivity contribution is 5.85. The minimum Gasteiger partial charge on any atom is -0.489 e. The van der Waals surface area contributed by atoms with Gasteiger partial charge in [0.05, 0.1) is 0 Å². The van der Waals surface area contributed by atoms with E-state index in [-0.39, 0.29) is 18.4 Å². The Hall–Kier alpha value is -2.53. The molecule has 0 amide bonds. The number of ether oxygens (including phenoxy) is 1. The summed E-state index contributed by atoms with van der Waals surface area (Å²) in [6.45, 7) is 4.34. The van der Waals surface area contributed by atoms with Crippen LogP contribution in [-0.2, 0) is 6.61 Å². The normalized spacial score (nSPS) is 11.4. The van der Waals surface area contributed by atoms with E-state index in [1.54, 1.807) is 6.92 Å². The molecule has 1 N–H and O–H groups in total. The highest BCUT2D eigenvalue weighted by Crippen LogP contribution is 2.21. The quantitative estimate of drug-likeness (QED) is 0.710. The maximum absolute atomic E-state index is 5.77. The van der Waals surface area contributed by atoms with Crippen LogP contribution in [0.25, 0.3) is 0 Å². The fourth-order valence-electron chi connectivity index (χ4n) is 2.19. The molecule has 0 aliphatic carbocycles. The number of aromatic nitrogens is 2. The number of nitrogens with zero attached hydrogens (tertiary/aromatic N) is 2. The maximum atomic E-state index is 5.77. The zero-order valence-corrected chi connectivity index (χ0v) is 14.4. The van der Waals surface area contributed by atoms with Crippen LogP contribution in [0.1, 0.15) is 30.2 Å². The van der Waals surface area contributed by atoms with Crippen LogP contribution in [0.15, 0.2) is 59.1 Å². The average Bonchev–Trinajstić information content (AvgIpc) is 3.02. The number of halogens is 1. The van der Waals surface area contributed by atoms with Gasteiger partial charge < -0.3 is 14.6 Å². The van der Waals surface area contributed by atoms with Gasteiger partial charge in [0.2, 0.25) is 5.89 Å². The molecule has 3 rings (SSSR count). The lowest BCUT2D eigenvalue weighted by molar-refractivity contribution is 0.306. The summed E-state index contributed by atoms with van der Waals surface area (Å²) in [7, 11) is 0. The van der Waals surface area contributed by atoms with E-state index in [0.29, 0.717) is 18.3 Å². The first-order valence-electron chi connectivity index (χ1n) is 7.54. The fraction of sp³-hybridized carbons (Fsp3) is 0.222. The van der Waals surface area contributed by atoms with E-state index >= 15 is 0 Å². The van der Waals surface area contributed by atoms with Gasteiger partial charge in [-0.2, -0.15) is 4.98 Å². The molecule has 0 spiro atoms. The van der Waals surface area contributed by atoms with E-state index in [1.807, 2.05) is 61.5 Å². The van der Waals surface area contributed by atoms with Gasteiger partial charge in [-0.1, -0.05) is 35.5 Å². The molecule has 126 valence electrons. The summed E-state index contributed by atoms with van der Waals surface area (Å²) in [5.74, 6) is 2.05. The molecule has 3 aromatic rings. The monoisotopic (exact) mass is 345 g/mol. The number of nitrogens with one attached hydrogen (secondary N) is 1. The number of benzene rings is 2. The van der Waals surface area contributed by atoms with Crippen molar-refractivity contribution in [2.24, 2.45) is 0 Å². The predicted octanol–water partition coefficient (Wildman–Crippen LogP) is 4.55. The van der Waals surface area contributed by atoms with Crippen molar-refractivity contribution in [3.8, 4) is 5.75 Å². The van der Waals surface area contributed by atoms with Gasteiger partial charge in [0.25, 0.3) is 0 Å². The number of anilines is 1. The lowest BCUT2D eigenvalue weighted by Crippen LogP contribution is -2.07. The summed E-state index contributed by atoms with van der Waals surface area (Å²) in [4.78, 5) is 4.22. The van der Waals surface area contributed by atoms with Crippen LogP contribution in [0.2, 0.25) is 0 Å². The van der Waals surface area contributed by atoms with E-state index in [2.05, 4.69) is 15.5 Å². The number of aryl methyl sites for hydroxylation is 1. The number of hydrogen-bond acceptors (Lipinski definition) is 5. The smallest absolute Gasteiger partial charge is 0.248 e. The van der Waals surface area contributed by atoms with Crippen molar-refractivity contribution in [1.82, 2.24) is 10.1 Å². The maximum Gasteiger partial charge on any atom is 0.248 e. The van der Waals surface area contributed by atoms with Gasteiger partial charge in [0.15, 0.2) is 5.82 Å². The Labute approximate surface area is 147 Å². The van der Waals surface area contributed by atoms with E-state index < -0.39 is 0 Å². The summed E-state index contributed by atoms with van der Waals surface area (Å²) < 4.78 is 10.9. The molecule has 0 saturated carbocycles. The Balaban J connectivity index is 0.00000208.